The fourth-order valence-electron chi connectivity index (χ4n) is 3.21. The Hall–Kier alpha value is -0.510. The number of hydrazine groups is 1. The number of nitrogens with two attached hydrogens (primary N) is 1. The number of hydrogen-bond donors (Lipinski definition) is 2. The highest BCUT2D eigenvalue weighted by atomic mass is 32.2. The maximum atomic E-state index is 5.83. The SMILES string of the molecule is CSc1ccc(C(NN)C2CCC(C)C(C)C2)cc1. The minimum absolute atomic E-state index is 0.297. The van der Waals surface area contributed by atoms with Crippen molar-refractivity contribution in [3.63, 3.8) is 0 Å². The first kappa shape index (κ1) is 14.9. The summed E-state index contributed by atoms with van der Waals surface area (Å²) in [7, 11) is 0. The molecular weight excluding hydrogens is 252 g/mol. The zero-order valence-electron chi connectivity index (χ0n) is 12.2. The van der Waals surface area contributed by atoms with E-state index in [1.807, 2.05) is 0 Å². The van der Waals surface area contributed by atoms with Crippen molar-refractivity contribution >= 4 is 11.8 Å². The molecule has 0 radical (unpaired) electrons. The molecule has 0 aliphatic heterocycles. The van der Waals surface area contributed by atoms with E-state index < -0.39 is 0 Å². The first-order chi connectivity index (χ1) is 9.15. The van der Waals surface area contributed by atoms with E-state index in [9.17, 15) is 0 Å². The molecule has 0 heterocycles. The summed E-state index contributed by atoms with van der Waals surface area (Å²) < 4.78 is 0. The second kappa shape index (κ2) is 6.78. The van der Waals surface area contributed by atoms with Gasteiger partial charge in [0.05, 0.1) is 0 Å². The van der Waals surface area contributed by atoms with Crippen LogP contribution in [0.3, 0.4) is 0 Å². The van der Waals surface area contributed by atoms with Crippen LogP contribution >= 0.6 is 11.8 Å². The Balaban J connectivity index is 2.10. The van der Waals surface area contributed by atoms with Gasteiger partial charge in [0.2, 0.25) is 0 Å². The van der Waals surface area contributed by atoms with Crippen LogP contribution in [0.4, 0.5) is 0 Å². The number of nitrogens with one attached hydrogen (secondary N) is 1. The van der Waals surface area contributed by atoms with E-state index in [2.05, 4.69) is 49.8 Å². The maximum Gasteiger partial charge on any atom is 0.0488 e. The van der Waals surface area contributed by atoms with Crippen molar-refractivity contribution in [3.8, 4) is 0 Å². The van der Waals surface area contributed by atoms with Gasteiger partial charge in [0.25, 0.3) is 0 Å². The van der Waals surface area contributed by atoms with Crippen molar-refractivity contribution in [1.82, 2.24) is 5.43 Å². The van der Waals surface area contributed by atoms with Gasteiger partial charge in [-0.25, -0.2) is 0 Å². The van der Waals surface area contributed by atoms with Gasteiger partial charge < -0.3 is 0 Å². The molecule has 4 atom stereocenters. The molecule has 2 nitrogen and oxygen atoms in total. The molecule has 1 aromatic carbocycles. The number of rotatable bonds is 4. The van der Waals surface area contributed by atoms with Gasteiger partial charge in [-0.05, 0) is 54.5 Å². The molecule has 0 amide bonds. The lowest BCUT2D eigenvalue weighted by Crippen LogP contribution is -2.36. The molecular formula is C16H26N2S. The van der Waals surface area contributed by atoms with Crippen molar-refractivity contribution in [2.75, 3.05) is 6.26 Å². The van der Waals surface area contributed by atoms with Gasteiger partial charge in [0.1, 0.15) is 0 Å². The highest BCUT2D eigenvalue weighted by Crippen LogP contribution is 2.39. The normalized spacial score (nSPS) is 29.2. The summed E-state index contributed by atoms with van der Waals surface area (Å²) >= 11 is 1.78. The summed E-state index contributed by atoms with van der Waals surface area (Å²) in [5.74, 6) is 8.16. The monoisotopic (exact) mass is 278 g/mol. The van der Waals surface area contributed by atoms with Crippen molar-refractivity contribution in [1.29, 1.82) is 0 Å². The van der Waals surface area contributed by atoms with Crippen LogP contribution in [-0.4, -0.2) is 6.26 Å². The highest BCUT2D eigenvalue weighted by molar-refractivity contribution is 7.98. The van der Waals surface area contributed by atoms with Gasteiger partial charge >= 0.3 is 0 Å². The second-order valence-corrected chi connectivity index (χ2v) is 6.82. The Bertz CT molecular complexity index is 390. The van der Waals surface area contributed by atoms with E-state index in [1.165, 1.54) is 29.7 Å². The largest absolute Gasteiger partial charge is 0.271 e. The average Bonchev–Trinajstić information content (AvgIpc) is 2.44. The molecule has 4 unspecified atom stereocenters. The molecule has 0 spiro atoms. The molecule has 0 aromatic heterocycles. The van der Waals surface area contributed by atoms with Gasteiger partial charge in [0, 0.05) is 10.9 Å². The minimum Gasteiger partial charge on any atom is -0.271 e. The lowest BCUT2D eigenvalue weighted by molar-refractivity contribution is 0.171. The van der Waals surface area contributed by atoms with Crippen LogP contribution in [0.5, 0.6) is 0 Å². The van der Waals surface area contributed by atoms with E-state index in [1.54, 1.807) is 11.8 Å². The summed E-state index contributed by atoms with van der Waals surface area (Å²) in [6, 6.07) is 9.13. The van der Waals surface area contributed by atoms with Crippen LogP contribution in [0.15, 0.2) is 29.2 Å². The predicted molar refractivity (Wildman–Crippen MR) is 84.0 cm³/mol. The molecule has 3 N–H and O–H groups in total. The Kier molecular flexibility index (Phi) is 5.31. The smallest absolute Gasteiger partial charge is 0.0488 e. The van der Waals surface area contributed by atoms with Crippen LogP contribution in [0.25, 0.3) is 0 Å². The maximum absolute atomic E-state index is 5.83. The van der Waals surface area contributed by atoms with Crippen LogP contribution in [0.2, 0.25) is 0 Å². The van der Waals surface area contributed by atoms with Crippen LogP contribution in [0, 0.1) is 17.8 Å². The number of hydrogen-bond acceptors (Lipinski definition) is 3. The van der Waals surface area contributed by atoms with Crippen LogP contribution in [-0.2, 0) is 0 Å². The zero-order chi connectivity index (χ0) is 13.8. The topological polar surface area (TPSA) is 38.0 Å². The number of benzene rings is 1. The summed E-state index contributed by atoms with van der Waals surface area (Å²) in [6.07, 6.45) is 6.00. The Morgan fingerprint density at radius 2 is 1.84 bits per heavy atom. The summed E-state index contributed by atoms with van der Waals surface area (Å²) in [4.78, 5) is 1.31. The Morgan fingerprint density at radius 3 is 2.37 bits per heavy atom. The molecule has 0 saturated heterocycles. The van der Waals surface area contributed by atoms with Crippen molar-refractivity contribution < 1.29 is 0 Å². The third-order valence-electron chi connectivity index (χ3n) is 4.76. The fourth-order valence-corrected chi connectivity index (χ4v) is 3.62. The molecule has 2 rings (SSSR count). The third-order valence-corrected chi connectivity index (χ3v) is 5.51. The van der Waals surface area contributed by atoms with Crippen molar-refractivity contribution in [2.45, 2.75) is 44.0 Å². The highest BCUT2D eigenvalue weighted by Gasteiger charge is 2.30. The Morgan fingerprint density at radius 1 is 1.16 bits per heavy atom. The summed E-state index contributed by atoms with van der Waals surface area (Å²) in [6.45, 7) is 4.75. The molecule has 1 fully saturated rings. The molecule has 3 heteroatoms. The lowest BCUT2D eigenvalue weighted by Gasteiger charge is -2.36. The summed E-state index contributed by atoms with van der Waals surface area (Å²) in [5.41, 5.74) is 4.38. The zero-order valence-corrected chi connectivity index (χ0v) is 13.0. The molecule has 0 bridgehead atoms. The third kappa shape index (κ3) is 3.53. The van der Waals surface area contributed by atoms with Crippen molar-refractivity contribution in [3.05, 3.63) is 29.8 Å². The van der Waals surface area contributed by atoms with Gasteiger partial charge in [-0.2, -0.15) is 0 Å². The van der Waals surface area contributed by atoms with Gasteiger partial charge in [-0.3, -0.25) is 11.3 Å². The van der Waals surface area contributed by atoms with Crippen LogP contribution < -0.4 is 11.3 Å². The lowest BCUT2D eigenvalue weighted by atomic mass is 9.72. The van der Waals surface area contributed by atoms with Gasteiger partial charge in [0.15, 0.2) is 0 Å². The first-order valence-electron chi connectivity index (χ1n) is 7.25. The molecule has 1 aliphatic carbocycles. The van der Waals surface area contributed by atoms with E-state index in [4.69, 9.17) is 5.84 Å². The summed E-state index contributed by atoms with van der Waals surface area (Å²) in [5, 5.41) is 0. The molecule has 1 saturated carbocycles. The van der Waals surface area contributed by atoms with Crippen molar-refractivity contribution in [2.24, 2.45) is 23.6 Å². The fraction of sp³-hybridized carbons (Fsp3) is 0.625. The van der Waals surface area contributed by atoms with Crippen LogP contribution in [0.1, 0.15) is 44.7 Å². The molecule has 1 aromatic rings. The van der Waals surface area contributed by atoms with E-state index in [-0.39, 0.29) is 0 Å². The predicted octanol–water partition coefficient (Wildman–Crippen LogP) is 3.99. The molecule has 106 valence electrons. The van der Waals surface area contributed by atoms with E-state index in [0.29, 0.717) is 12.0 Å². The minimum atomic E-state index is 0.297. The first-order valence-corrected chi connectivity index (χ1v) is 8.48. The molecule has 1 aliphatic rings. The molecule has 19 heavy (non-hydrogen) atoms. The number of thioether (sulfide) groups is 1. The Labute approximate surface area is 121 Å². The van der Waals surface area contributed by atoms with E-state index >= 15 is 0 Å². The average molecular weight is 278 g/mol. The quantitative estimate of drug-likeness (QED) is 0.497. The van der Waals surface area contributed by atoms with Gasteiger partial charge in [-0.15, -0.1) is 11.8 Å². The van der Waals surface area contributed by atoms with Gasteiger partial charge in [-0.1, -0.05) is 32.4 Å². The second-order valence-electron chi connectivity index (χ2n) is 5.95. The standard InChI is InChI=1S/C16H26N2S/c1-11-4-5-14(10-12(11)2)16(18-17)13-6-8-15(19-3)9-7-13/h6-9,11-12,14,16,18H,4-5,10,17H2,1-3H3. The van der Waals surface area contributed by atoms with E-state index in [0.717, 1.165) is 11.8 Å².